The minimum absolute atomic E-state index is 0.104. The zero-order valence-electron chi connectivity index (χ0n) is 11.6. The summed E-state index contributed by atoms with van der Waals surface area (Å²) in [6, 6.07) is 0.485. The zero-order valence-corrected chi connectivity index (χ0v) is 11.6. The standard InChI is InChI=1S/C13H27N3O/c1-10(2)15(4)9-12-7-5-6-8-16(12)13(17)11(3)14/h10-12H,5-9,14H2,1-4H3/t11-,12-/m0/s1. The van der Waals surface area contributed by atoms with Crippen LogP contribution in [0.5, 0.6) is 0 Å². The molecule has 100 valence electrons. The Balaban J connectivity index is 2.63. The van der Waals surface area contributed by atoms with E-state index in [9.17, 15) is 4.79 Å². The Morgan fingerprint density at radius 3 is 2.59 bits per heavy atom. The highest BCUT2D eigenvalue weighted by Gasteiger charge is 2.29. The van der Waals surface area contributed by atoms with Gasteiger partial charge in [-0.25, -0.2) is 0 Å². The second kappa shape index (κ2) is 6.36. The van der Waals surface area contributed by atoms with Crippen molar-refractivity contribution in [2.45, 2.75) is 58.2 Å². The average molecular weight is 241 g/mol. The summed E-state index contributed by atoms with van der Waals surface area (Å²) in [5.41, 5.74) is 5.71. The lowest BCUT2D eigenvalue weighted by Gasteiger charge is -2.39. The number of nitrogens with zero attached hydrogens (tertiary/aromatic N) is 2. The van der Waals surface area contributed by atoms with E-state index in [1.54, 1.807) is 6.92 Å². The second-order valence-corrected chi connectivity index (χ2v) is 5.50. The van der Waals surface area contributed by atoms with Gasteiger partial charge in [-0.15, -0.1) is 0 Å². The molecule has 1 heterocycles. The smallest absolute Gasteiger partial charge is 0.239 e. The number of likely N-dealkylation sites (N-methyl/N-ethyl adjacent to an activating group) is 1. The number of rotatable bonds is 4. The molecule has 1 rings (SSSR count). The summed E-state index contributed by atoms with van der Waals surface area (Å²) in [4.78, 5) is 16.3. The van der Waals surface area contributed by atoms with Crippen molar-refractivity contribution in [3.05, 3.63) is 0 Å². The number of amides is 1. The van der Waals surface area contributed by atoms with Crippen LogP contribution in [-0.4, -0.2) is 54.0 Å². The molecule has 0 aromatic carbocycles. The van der Waals surface area contributed by atoms with Gasteiger partial charge < -0.3 is 15.5 Å². The molecule has 0 radical (unpaired) electrons. The van der Waals surface area contributed by atoms with Crippen LogP contribution in [0.1, 0.15) is 40.0 Å². The maximum absolute atomic E-state index is 12.0. The van der Waals surface area contributed by atoms with Crippen LogP contribution in [0.2, 0.25) is 0 Å². The van der Waals surface area contributed by atoms with Crippen LogP contribution < -0.4 is 5.73 Å². The molecular formula is C13H27N3O. The highest BCUT2D eigenvalue weighted by atomic mass is 16.2. The molecule has 0 unspecified atom stereocenters. The van der Waals surface area contributed by atoms with Gasteiger partial charge in [0.15, 0.2) is 0 Å². The Morgan fingerprint density at radius 2 is 2.06 bits per heavy atom. The number of hydrogen-bond donors (Lipinski definition) is 1. The third-order valence-electron chi connectivity index (χ3n) is 3.68. The fourth-order valence-corrected chi connectivity index (χ4v) is 2.29. The second-order valence-electron chi connectivity index (χ2n) is 5.50. The minimum Gasteiger partial charge on any atom is -0.337 e. The van der Waals surface area contributed by atoms with Crippen molar-refractivity contribution in [3.63, 3.8) is 0 Å². The van der Waals surface area contributed by atoms with Crippen LogP contribution in [0.3, 0.4) is 0 Å². The Labute approximate surface area is 105 Å². The number of carbonyl (C=O) groups excluding carboxylic acids is 1. The number of piperidine rings is 1. The monoisotopic (exact) mass is 241 g/mol. The minimum atomic E-state index is -0.375. The van der Waals surface area contributed by atoms with E-state index in [4.69, 9.17) is 5.73 Å². The molecule has 0 aromatic heterocycles. The third kappa shape index (κ3) is 3.96. The van der Waals surface area contributed by atoms with E-state index in [-0.39, 0.29) is 11.9 Å². The van der Waals surface area contributed by atoms with Gasteiger partial charge in [-0.3, -0.25) is 4.79 Å². The van der Waals surface area contributed by atoms with E-state index in [2.05, 4.69) is 25.8 Å². The van der Waals surface area contributed by atoms with Crippen molar-refractivity contribution < 1.29 is 4.79 Å². The predicted molar refractivity (Wildman–Crippen MR) is 70.8 cm³/mol. The Hall–Kier alpha value is -0.610. The van der Waals surface area contributed by atoms with Gasteiger partial charge in [0.05, 0.1) is 6.04 Å². The lowest BCUT2D eigenvalue weighted by Crippen LogP contribution is -2.53. The first kappa shape index (κ1) is 14.5. The Morgan fingerprint density at radius 1 is 1.41 bits per heavy atom. The average Bonchev–Trinajstić information content (AvgIpc) is 2.28. The maximum Gasteiger partial charge on any atom is 0.239 e. The van der Waals surface area contributed by atoms with Crippen LogP contribution in [0.4, 0.5) is 0 Å². The van der Waals surface area contributed by atoms with Crippen LogP contribution >= 0.6 is 0 Å². The molecule has 1 amide bonds. The van der Waals surface area contributed by atoms with Crippen LogP contribution in [0.25, 0.3) is 0 Å². The summed E-state index contributed by atoms with van der Waals surface area (Å²) in [6.07, 6.45) is 3.44. The van der Waals surface area contributed by atoms with Crippen molar-refractivity contribution in [3.8, 4) is 0 Å². The quantitative estimate of drug-likeness (QED) is 0.800. The molecule has 1 fully saturated rings. The summed E-state index contributed by atoms with van der Waals surface area (Å²) >= 11 is 0. The first-order valence-electron chi connectivity index (χ1n) is 6.69. The molecule has 2 atom stereocenters. The first-order valence-corrected chi connectivity index (χ1v) is 6.69. The van der Waals surface area contributed by atoms with Crippen LogP contribution in [-0.2, 0) is 4.79 Å². The van der Waals surface area contributed by atoms with Crippen molar-refractivity contribution in [1.29, 1.82) is 0 Å². The van der Waals surface area contributed by atoms with Crippen LogP contribution in [0.15, 0.2) is 0 Å². The number of carbonyl (C=O) groups is 1. The molecule has 0 saturated carbocycles. The lowest BCUT2D eigenvalue weighted by atomic mass is 10.0. The van der Waals surface area contributed by atoms with E-state index in [0.717, 1.165) is 25.9 Å². The molecule has 0 aromatic rings. The van der Waals surface area contributed by atoms with Gasteiger partial charge in [-0.05, 0) is 47.1 Å². The summed E-state index contributed by atoms with van der Waals surface area (Å²) in [7, 11) is 2.12. The zero-order chi connectivity index (χ0) is 13.0. The fraction of sp³-hybridized carbons (Fsp3) is 0.923. The predicted octanol–water partition coefficient (Wildman–Crippen LogP) is 1.05. The topological polar surface area (TPSA) is 49.6 Å². The maximum atomic E-state index is 12.0. The molecule has 17 heavy (non-hydrogen) atoms. The molecule has 0 aliphatic carbocycles. The summed E-state index contributed by atoms with van der Waals surface area (Å²) < 4.78 is 0. The van der Waals surface area contributed by atoms with Gasteiger partial charge in [0.2, 0.25) is 5.91 Å². The van der Waals surface area contributed by atoms with Crippen molar-refractivity contribution in [2.24, 2.45) is 5.73 Å². The molecule has 4 nitrogen and oxygen atoms in total. The van der Waals surface area contributed by atoms with Gasteiger partial charge >= 0.3 is 0 Å². The summed E-state index contributed by atoms with van der Waals surface area (Å²) in [6.45, 7) is 7.97. The molecule has 2 N–H and O–H groups in total. The van der Waals surface area contributed by atoms with Gasteiger partial charge in [0.1, 0.15) is 0 Å². The molecule has 4 heteroatoms. The van der Waals surface area contributed by atoms with E-state index in [0.29, 0.717) is 12.1 Å². The molecular weight excluding hydrogens is 214 g/mol. The summed E-state index contributed by atoms with van der Waals surface area (Å²) in [5.74, 6) is 0.104. The highest BCUT2D eigenvalue weighted by molar-refractivity contribution is 5.81. The lowest BCUT2D eigenvalue weighted by molar-refractivity contribution is -0.136. The molecule has 1 aliphatic rings. The Bertz CT molecular complexity index is 253. The van der Waals surface area contributed by atoms with E-state index < -0.39 is 0 Å². The molecule has 1 aliphatic heterocycles. The van der Waals surface area contributed by atoms with E-state index in [1.165, 1.54) is 6.42 Å². The Kier molecular flexibility index (Phi) is 5.40. The largest absolute Gasteiger partial charge is 0.337 e. The number of likely N-dealkylation sites (tertiary alicyclic amines) is 1. The molecule has 0 spiro atoms. The normalized spacial score (nSPS) is 23.2. The highest BCUT2D eigenvalue weighted by Crippen LogP contribution is 2.19. The van der Waals surface area contributed by atoms with Crippen molar-refractivity contribution in [2.75, 3.05) is 20.1 Å². The van der Waals surface area contributed by atoms with E-state index in [1.807, 2.05) is 4.90 Å². The van der Waals surface area contributed by atoms with Crippen molar-refractivity contribution >= 4 is 5.91 Å². The van der Waals surface area contributed by atoms with Crippen molar-refractivity contribution in [1.82, 2.24) is 9.80 Å². The number of nitrogens with two attached hydrogens (primary N) is 1. The third-order valence-corrected chi connectivity index (χ3v) is 3.68. The molecule has 1 saturated heterocycles. The fourth-order valence-electron chi connectivity index (χ4n) is 2.29. The summed E-state index contributed by atoms with van der Waals surface area (Å²) in [5, 5.41) is 0. The van der Waals surface area contributed by atoms with E-state index >= 15 is 0 Å². The number of hydrogen-bond acceptors (Lipinski definition) is 3. The first-order chi connectivity index (χ1) is 7.93. The van der Waals surface area contributed by atoms with Gasteiger partial charge in [-0.2, -0.15) is 0 Å². The van der Waals surface area contributed by atoms with Crippen LogP contribution in [0, 0.1) is 0 Å². The van der Waals surface area contributed by atoms with Gasteiger partial charge in [0.25, 0.3) is 0 Å². The van der Waals surface area contributed by atoms with Gasteiger partial charge in [0, 0.05) is 25.2 Å². The van der Waals surface area contributed by atoms with Gasteiger partial charge in [-0.1, -0.05) is 0 Å². The SMILES string of the molecule is CC(C)N(C)C[C@@H]1CCCCN1C(=O)[C@H](C)N. The molecule has 0 bridgehead atoms.